The van der Waals surface area contributed by atoms with Crippen LogP contribution in [0.4, 0.5) is 14.5 Å². The molecule has 3 N–H and O–H groups in total. The topological polar surface area (TPSA) is 75.4 Å². The number of rotatable bonds is 6. The van der Waals surface area contributed by atoms with Crippen molar-refractivity contribution in [2.24, 2.45) is 5.73 Å². The van der Waals surface area contributed by atoms with Crippen LogP contribution in [0.5, 0.6) is 0 Å². The molecule has 7 heteroatoms. The Bertz CT molecular complexity index is 506. The molecule has 0 radical (unpaired) electrons. The molecule has 0 unspecified atom stereocenters. The molecule has 0 bridgehead atoms. The summed E-state index contributed by atoms with van der Waals surface area (Å²) in [5.74, 6) is -3.01. The molecule has 0 aliphatic rings. The second-order valence-electron chi connectivity index (χ2n) is 4.64. The van der Waals surface area contributed by atoms with E-state index in [1.807, 2.05) is 13.8 Å². The number of hydrogen-bond donors (Lipinski definition) is 2. The van der Waals surface area contributed by atoms with Gasteiger partial charge in [0.1, 0.15) is 0 Å². The third-order valence-corrected chi connectivity index (χ3v) is 2.64. The highest BCUT2D eigenvalue weighted by molar-refractivity contribution is 5.92. The van der Waals surface area contributed by atoms with E-state index in [1.54, 1.807) is 4.90 Å². The molecule has 0 aliphatic heterocycles. The molecule has 1 aromatic carbocycles. The zero-order chi connectivity index (χ0) is 15.3. The van der Waals surface area contributed by atoms with Gasteiger partial charge in [-0.3, -0.25) is 14.5 Å². The Hall–Kier alpha value is -2.02. The Kier molecular flexibility index (Phi) is 5.57. The van der Waals surface area contributed by atoms with E-state index in [9.17, 15) is 18.4 Å². The van der Waals surface area contributed by atoms with Gasteiger partial charge in [-0.25, -0.2) is 8.78 Å². The molecule has 0 aliphatic carbocycles. The normalized spacial score (nSPS) is 10.9. The number of nitrogens with two attached hydrogens (primary N) is 1. The maximum Gasteiger partial charge on any atom is 0.238 e. The summed E-state index contributed by atoms with van der Waals surface area (Å²) in [6, 6.07) is 3.01. The Morgan fingerprint density at radius 2 is 1.90 bits per heavy atom. The molecule has 5 nitrogen and oxygen atoms in total. The summed E-state index contributed by atoms with van der Waals surface area (Å²) in [6.07, 6.45) is 0. The number of benzene rings is 1. The molecule has 110 valence electrons. The summed E-state index contributed by atoms with van der Waals surface area (Å²) in [4.78, 5) is 24.2. The lowest BCUT2D eigenvalue weighted by atomic mass is 10.2. The summed E-state index contributed by atoms with van der Waals surface area (Å²) in [6.45, 7) is 3.50. The minimum absolute atomic E-state index is 0.0527. The summed E-state index contributed by atoms with van der Waals surface area (Å²) >= 11 is 0. The largest absolute Gasteiger partial charge is 0.369 e. The molecule has 20 heavy (non-hydrogen) atoms. The average molecular weight is 285 g/mol. The minimum atomic E-state index is -1.04. The van der Waals surface area contributed by atoms with Crippen molar-refractivity contribution in [3.05, 3.63) is 29.8 Å². The van der Waals surface area contributed by atoms with Crippen molar-refractivity contribution in [2.75, 3.05) is 18.4 Å². The zero-order valence-corrected chi connectivity index (χ0v) is 11.3. The van der Waals surface area contributed by atoms with Gasteiger partial charge >= 0.3 is 0 Å². The average Bonchev–Trinajstić information content (AvgIpc) is 2.32. The van der Waals surface area contributed by atoms with Gasteiger partial charge in [0, 0.05) is 17.8 Å². The number of primary amides is 1. The number of carbonyl (C=O) groups excluding carboxylic acids is 2. The molecule has 0 saturated heterocycles. The highest BCUT2D eigenvalue weighted by atomic mass is 19.2. The molecule has 0 aromatic heterocycles. The van der Waals surface area contributed by atoms with Crippen LogP contribution in [0.1, 0.15) is 13.8 Å². The molecule has 0 spiro atoms. The lowest BCUT2D eigenvalue weighted by Gasteiger charge is -2.24. The van der Waals surface area contributed by atoms with Crippen LogP contribution in [-0.2, 0) is 9.59 Å². The Morgan fingerprint density at radius 1 is 1.25 bits per heavy atom. The quantitative estimate of drug-likeness (QED) is 0.822. The van der Waals surface area contributed by atoms with Crippen LogP contribution >= 0.6 is 0 Å². The van der Waals surface area contributed by atoms with Crippen molar-refractivity contribution in [3.8, 4) is 0 Å². The van der Waals surface area contributed by atoms with Gasteiger partial charge < -0.3 is 11.1 Å². The number of halogens is 2. The molecular weight excluding hydrogens is 268 g/mol. The van der Waals surface area contributed by atoms with Crippen LogP contribution < -0.4 is 11.1 Å². The fourth-order valence-electron chi connectivity index (χ4n) is 1.58. The minimum Gasteiger partial charge on any atom is -0.369 e. The van der Waals surface area contributed by atoms with Crippen molar-refractivity contribution in [1.29, 1.82) is 0 Å². The Labute approximate surface area is 115 Å². The highest BCUT2D eigenvalue weighted by Crippen LogP contribution is 2.13. The van der Waals surface area contributed by atoms with E-state index in [0.29, 0.717) is 0 Å². The SMILES string of the molecule is CC(C)N(CC(N)=O)CC(=O)Nc1ccc(F)c(F)c1. The van der Waals surface area contributed by atoms with Crippen molar-refractivity contribution in [3.63, 3.8) is 0 Å². The Balaban J connectivity index is 2.65. The smallest absolute Gasteiger partial charge is 0.238 e. The molecule has 0 fully saturated rings. The molecule has 2 amide bonds. The van der Waals surface area contributed by atoms with Crippen molar-refractivity contribution < 1.29 is 18.4 Å². The first-order valence-electron chi connectivity index (χ1n) is 6.07. The van der Waals surface area contributed by atoms with Gasteiger partial charge in [0.2, 0.25) is 11.8 Å². The van der Waals surface area contributed by atoms with E-state index in [0.717, 1.165) is 12.1 Å². The van der Waals surface area contributed by atoms with Gasteiger partial charge in [0.25, 0.3) is 0 Å². The maximum atomic E-state index is 13.0. The molecule has 1 rings (SSSR count). The first-order valence-corrected chi connectivity index (χ1v) is 6.07. The number of anilines is 1. The first-order chi connectivity index (χ1) is 9.29. The van der Waals surface area contributed by atoms with E-state index >= 15 is 0 Å². The number of nitrogens with one attached hydrogen (secondary N) is 1. The molecule has 0 heterocycles. The number of carbonyl (C=O) groups is 2. The standard InChI is InChI=1S/C13H17F2N3O2/c1-8(2)18(6-12(16)19)7-13(20)17-9-3-4-10(14)11(15)5-9/h3-5,8H,6-7H2,1-2H3,(H2,16,19)(H,17,20). The van der Waals surface area contributed by atoms with Gasteiger partial charge in [-0.2, -0.15) is 0 Å². The lowest BCUT2D eigenvalue weighted by Crippen LogP contribution is -2.43. The van der Waals surface area contributed by atoms with Crippen molar-refractivity contribution in [2.45, 2.75) is 19.9 Å². The van der Waals surface area contributed by atoms with Crippen LogP contribution in [0.15, 0.2) is 18.2 Å². The molecular formula is C13H17F2N3O2. The van der Waals surface area contributed by atoms with Crippen LogP contribution in [0.2, 0.25) is 0 Å². The second kappa shape index (κ2) is 6.95. The van der Waals surface area contributed by atoms with Gasteiger partial charge in [-0.05, 0) is 26.0 Å². The third kappa shape index (κ3) is 4.93. The fourth-order valence-corrected chi connectivity index (χ4v) is 1.58. The number of hydrogen-bond acceptors (Lipinski definition) is 3. The van der Waals surface area contributed by atoms with Crippen LogP contribution in [0, 0.1) is 11.6 Å². The second-order valence-corrected chi connectivity index (χ2v) is 4.64. The van der Waals surface area contributed by atoms with Crippen molar-refractivity contribution >= 4 is 17.5 Å². The zero-order valence-electron chi connectivity index (χ0n) is 11.3. The van der Waals surface area contributed by atoms with Gasteiger partial charge in [0.05, 0.1) is 13.1 Å². The van der Waals surface area contributed by atoms with E-state index in [-0.39, 0.29) is 24.8 Å². The van der Waals surface area contributed by atoms with Gasteiger partial charge in [0.15, 0.2) is 11.6 Å². The predicted molar refractivity (Wildman–Crippen MR) is 70.9 cm³/mol. The Morgan fingerprint density at radius 3 is 2.40 bits per heavy atom. The first kappa shape index (κ1) is 16.0. The van der Waals surface area contributed by atoms with E-state index in [1.165, 1.54) is 6.07 Å². The van der Waals surface area contributed by atoms with Crippen LogP contribution in [-0.4, -0.2) is 35.8 Å². The van der Waals surface area contributed by atoms with Crippen LogP contribution in [0.25, 0.3) is 0 Å². The summed E-state index contributed by atoms with van der Waals surface area (Å²) in [5.41, 5.74) is 5.24. The van der Waals surface area contributed by atoms with E-state index in [4.69, 9.17) is 5.73 Å². The predicted octanol–water partition coefficient (Wildman–Crippen LogP) is 1.10. The lowest BCUT2D eigenvalue weighted by molar-refractivity contribution is -0.121. The number of nitrogens with zero attached hydrogens (tertiary/aromatic N) is 1. The molecule has 0 atom stereocenters. The van der Waals surface area contributed by atoms with Crippen molar-refractivity contribution in [1.82, 2.24) is 4.90 Å². The van der Waals surface area contributed by atoms with E-state index in [2.05, 4.69) is 5.32 Å². The monoisotopic (exact) mass is 285 g/mol. The van der Waals surface area contributed by atoms with Gasteiger partial charge in [-0.1, -0.05) is 0 Å². The summed E-state index contributed by atoms with van der Waals surface area (Å²) in [5, 5.41) is 2.43. The van der Waals surface area contributed by atoms with E-state index < -0.39 is 23.4 Å². The van der Waals surface area contributed by atoms with Gasteiger partial charge in [-0.15, -0.1) is 0 Å². The molecule has 0 saturated carbocycles. The third-order valence-electron chi connectivity index (χ3n) is 2.64. The summed E-state index contributed by atoms with van der Waals surface area (Å²) in [7, 11) is 0. The summed E-state index contributed by atoms with van der Waals surface area (Å²) < 4.78 is 25.7. The highest BCUT2D eigenvalue weighted by Gasteiger charge is 2.16. The maximum absolute atomic E-state index is 13.0. The van der Waals surface area contributed by atoms with Crippen LogP contribution in [0.3, 0.4) is 0 Å². The number of amides is 2. The molecule has 1 aromatic rings. The fraction of sp³-hybridized carbons (Fsp3) is 0.385.